The van der Waals surface area contributed by atoms with E-state index in [4.69, 9.17) is 32.7 Å². The molecule has 0 saturated carbocycles. The molecule has 0 saturated heterocycles. The number of hydrogen-bond acceptors (Lipinski definition) is 3. The SMILES string of the molecule is CCCOc1c(OC)cc(C=O)cc1-c1ccc(Cl)c(Cl)c1. The molecule has 2 aromatic carbocycles. The number of aldehydes is 1. The standard InChI is InChI=1S/C17H16Cl2O3/c1-3-6-22-17-13(7-11(10-20)8-16(17)21-2)12-4-5-14(18)15(19)9-12/h4-5,7-10H,3,6H2,1-2H3. The number of carbonyl (C=O) groups excluding carboxylic acids is 1. The molecule has 0 radical (unpaired) electrons. The quantitative estimate of drug-likeness (QED) is 0.673. The van der Waals surface area contributed by atoms with Gasteiger partial charge in [0.25, 0.3) is 0 Å². The molecule has 0 unspecified atom stereocenters. The Morgan fingerprint density at radius 2 is 1.91 bits per heavy atom. The minimum atomic E-state index is 0.441. The van der Waals surface area contributed by atoms with Crippen LogP contribution in [0.2, 0.25) is 10.0 Å². The summed E-state index contributed by atoms with van der Waals surface area (Å²) in [6.07, 6.45) is 1.63. The average molecular weight is 339 g/mol. The molecule has 0 atom stereocenters. The third-order valence-electron chi connectivity index (χ3n) is 3.11. The fraction of sp³-hybridized carbons (Fsp3) is 0.235. The minimum absolute atomic E-state index is 0.441. The van der Waals surface area contributed by atoms with Crippen LogP contribution in [0, 0.1) is 0 Å². The zero-order chi connectivity index (χ0) is 16.1. The van der Waals surface area contributed by atoms with Gasteiger partial charge in [-0.2, -0.15) is 0 Å². The van der Waals surface area contributed by atoms with Crippen LogP contribution in [-0.2, 0) is 0 Å². The zero-order valence-electron chi connectivity index (χ0n) is 12.4. The molecule has 0 amide bonds. The summed E-state index contributed by atoms with van der Waals surface area (Å²) in [6, 6.07) is 8.68. The first-order chi connectivity index (χ1) is 10.6. The predicted molar refractivity (Wildman–Crippen MR) is 89.6 cm³/mol. The number of hydrogen-bond donors (Lipinski definition) is 0. The van der Waals surface area contributed by atoms with Gasteiger partial charge >= 0.3 is 0 Å². The molecule has 0 spiro atoms. The van der Waals surface area contributed by atoms with E-state index in [2.05, 4.69) is 0 Å². The number of ether oxygens (including phenoxy) is 2. The van der Waals surface area contributed by atoms with E-state index in [1.807, 2.05) is 13.0 Å². The van der Waals surface area contributed by atoms with Crippen molar-refractivity contribution < 1.29 is 14.3 Å². The van der Waals surface area contributed by atoms with E-state index in [1.165, 1.54) is 0 Å². The summed E-state index contributed by atoms with van der Waals surface area (Å²) >= 11 is 12.1. The van der Waals surface area contributed by atoms with Crippen LogP contribution in [0.5, 0.6) is 11.5 Å². The predicted octanol–water partition coefficient (Wildman–Crippen LogP) is 5.27. The van der Waals surface area contributed by atoms with Crippen LogP contribution in [0.1, 0.15) is 23.7 Å². The Balaban J connectivity index is 2.64. The van der Waals surface area contributed by atoms with Gasteiger partial charge in [-0.3, -0.25) is 4.79 Å². The lowest BCUT2D eigenvalue weighted by molar-refractivity contribution is 0.112. The summed E-state index contributed by atoms with van der Waals surface area (Å²) in [5, 5.41) is 0.913. The summed E-state index contributed by atoms with van der Waals surface area (Å²) < 4.78 is 11.2. The van der Waals surface area contributed by atoms with E-state index in [1.54, 1.807) is 31.4 Å². The second-order valence-electron chi connectivity index (χ2n) is 4.70. The molecule has 0 aliphatic heterocycles. The summed E-state index contributed by atoms with van der Waals surface area (Å²) in [6.45, 7) is 2.57. The maximum absolute atomic E-state index is 11.2. The van der Waals surface area contributed by atoms with Crippen molar-refractivity contribution in [2.75, 3.05) is 13.7 Å². The Bertz CT molecular complexity index is 684. The van der Waals surface area contributed by atoms with Gasteiger partial charge in [-0.25, -0.2) is 0 Å². The van der Waals surface area contributed by atoms with Gasteiger partial charge in [0, 0.05) is 11.1 Å². The molecule has 0 bridgehead atoms. The number of benzene rings is 2. The van der Waals surface area contributed by atoms with Crippen molar-refractivity contribution >= 4 is 29.5 Å². The van der Waals surface area contributed by atoms with E-state index >= 15 is 0 Å². The van der Waals surface area contributed by atoms with Crippen molar-refractivity contribution in [3.8, 4) is 22.6 Å². The molecule has 0 aliphatic rings. The Labute approximate surface area is 139 Å². The van der Waals surface area contributed by atoms with Gasteiger partial charge < -0.3 is 9.47 Å². The van der Waals surface area contributed by atoms with Crippen LogP contribution in [0.25, 0.3) is 11.1 Å². The highest BCUT2D eigenvalue weighted by Gasteiger charge is 2.15. The first-order valence-electron chi connectivity index (χ1n) is 6.86. The summed E-state index contributed by atoms with van der Waals surface area (Å²) in [7, 11) is 1.54. The molecule has 3 nitrogen and oxygen atoms in total. The highest BCUT2D eigenvalue weighted by Crippen LogP contribution is 2.40. The Kier molecular flexibility index (Phi) is 5.69. The highest BCUT2D eigenvalue weighted by atomic mass is 35.5. The lowest BCUT2D eigenvalue weighted by Crippen LogP contribution is -2.01. The average Bonchev–Trinajstić information content (AvgIpc) is 2.54. The van der Waals surface area contributed by atoms with Crippen molar-refractivity contribution in [3.63, 3.8) is 0 Å². The molecule has 116 valence electrons. The second kappa shape index (κ2) is 7.52. The number of rotatable bonds is 6. The van der Waals surface area contributed by atoms with Crippen LogP contribution in [0.4, 0.5) is 0 Å². The molecule has 0 aliphatic carbocycles. The molecule has 5 heteroatoms. The normalized spacial score (nSPS) is 10.4. The second-order valence-corrected chi connectivity index (χ2v) is 5.51. The minimum Gasteiger partial charge on any atom is -0.493 e. The van der Waals surface area contributed by atoms with Crippen molar-refractivity contribution in [2.24, 2.45) is 0 Å². The Morgan fingerprint density at radius 3 is 2.50 bits per heavy atom. The maximum Gasteiger partial charge on any atom is 0.168 e. The molecule has 22 heavy (non-hydrogen) atoms. The van der Waals surface area contributed by atoms with Crippen molar-refractivity contribution in [1.29, 1.82) is 0 Å². The molecule has 0 heterocycles. The van der Waals surface area contributed by atoms with Gasteiger partial charge in [-0.15, -0.1) is 0 Å². The summed E-state index contributed by atoms with van der Waals surface area (Å²) in [4.78, 5) is 11.2. The van der Waals surface area contributed by atoms with E-state index < -0.39 is 0 Å². The summed E-state index contributed by atoms with van der Waals surface area (Å²) in [5.41, 5.74) is 2.05. The molecule has 0 N–H and O–H groups in total. The smallest absolute Gasteiger partial charge is 0.168 e. The van der Waals surface area contributed by atoms with E-state index in [0.29, 0.717) is 33.7 Å². The first kappa shape index (κ1) is 16.7. The van der Waals surface area contributed by atoms with Crippen LogP contribution in [-0.4, -0.2) is 20.0 Å². The molecule has 0 fully saturated rings. The molecule has 0 aromatic heterocycles. The lowest BCUT2D eigenvalue weighted by atomic mass is 10.0. The van der Waals surface area contributed by atoms with E-state index in [0.717, 1.165) is 23.8 Å². The van der Waals surface area contributed by atoms with Gasteiger partial charge in [0.1, 0.15) is 6.29 Å². The van der Waals surface area contributed by atoms with Gasteiger partial charge in [-0.05, 0) is 36.2 Å². The highest BCUT2D eigenvalue weighted by molar-refractivity contribution is 6.42. The maximum atomic E-state index is 11.2. The third-order valence-corrected chi connectivity index (χ3v) is 3.85. The number of carbonyl (C=O) groups is 1. The van der Waals surface area contributed by atoms with Crippen molar-refractivity contribution in [2.45, 2.75) is 13.3 Å². The Morgan fingerprint density at radius 1 is 1.14 bits per heavy atom. The van der Waals surface area contributed by atoms with Gasteiger partial charge in [0.15, 0.2) is 11.5 Å². The molecule has 2 rings (SSSR count). The van der Waals surface area contributed by atoms with E-state index in [9.17, 15) is 4.79 Å². The Hall–Kier alpha value is -1.71. The topological polar surface area (TPSA) is 35.5 Å². The number of methoxy groups -OCH3 is 1. The first-order valence-corrected chi connectivity index (χ1v) is 7.61. The lowest BCUT2D eigenvalue weighted by Gasteiger charge is -2.16. The fourth-order valence-electron chi connectivity index (χ4n) is 2.07. The monoisotopic (exact) mass is 338 g/mol. The molecule has 2 aromatic rings. The van der Waals surface area contributed by atoms with Gasteiger partial charge in [0.05, 0.1) is 23.8 Å². The van der Waals surface area contributed by atoms with Crippen LogP contribution >= 0.6 is 23.2 Å². The third kappa shape index (κ3) is 3.54. The zero-order valence-corrected chi connectivity index (χ0v) is 13.9. The molecular weight excluding hydrogens is 323 g/mol. The van der Waals surface area contributed by atoms with Crippen molar-refractivity contribution in [3.05, 3.63) is 45.9 Å². The fourth-order valence-corrected chi connectivity index (χ4v) is 2.37. The molecular formula is C17H16Cl2O3. The largest absolute Gasteiger partial charge is 0.493 e. The van der Waals surface area contributed by atoms with Crippen LogP contribution in [0.15, 0.2) is 30.3 Å². The van der Waals surface area contributed by atoms with Crippen molar-refractivity contribution in [1.82, 2.24) is 0 Å². The van der Waals surface area contributed by atoms with E-state index in [-0.39, 0.29) is 0 Å². The number of halogens is 2. The van der Waals surface area contributed by atoms with Crippen LogP contribution in [0.3, 0.4) is 0 Å². The van der Waals surface area contributed by atoms with Gasteiger partial charge in [0.2, 0.25) is 0 Å². The van der Waals surface area contributed by atoms with Crippen LogP contribution < -0.4 is 9.47 Å². The summed E-state index contributed by atoms with van der Waals surface area (Å²) in [5.74, 6) is 1.10. The van der Waals surface area contributed by atoms with Gasteiger partial charge in [-0.1, -0.05) is 36.2 Å².